The van der Waals surface area contributed by atoms with Crippen molar-refractivity contribution in [3.05, 3.63) is 95.2 Å². The van der Waals surface area contributed by atoms with E-state index in [1.54, 1.807) is 25.3 Å². The van der Waals surface area contributed by atoms with Crippen LogP contribution in [0.25, 0.3) is 0 Å². The molecule has 33 heavy (non-hydrogen) atoms. The first-order chi connectivity index (χ1) is 16.0. The normalized spacial score (nSPS) is 18.6. The summed E-state index contributed by atoms with van der Waals surface area (Å²) >= 11 is 0. The summed E-state index contributed by atoms with van der Waals surface area (Å²) in [6.45, 7) is 0.425. The Kier molecular flexibility index (Phi) is 7.37. The zero-order valence-corrected chi connectivity index (χ0v) is 19.1. The Balaban J connectivity index is 1.32. The van der Waals surface area contributed by atoms with Crippen LogP contribution in [0.1, 0.15) is 46.0 Å². The van der Waals surface area contributed by atoms with E-state index in [4.69, 9.17) is 4.74 Å². The molecular formula is C27H31N3O3. The van der Waals surface area contributed by atoms with Crippen LogP contribution in [-0.4, -0.2) is 47.1 Å². The molecule has 1 fully saturated rings. The number of nitrogens with one attached hydrogen (secondary N) is 1. The van der Waals surface area contributed by atoms with E-state index in [2.05, 4.69) is 10.3 Å². The van der Waals surface area contributed by atoms with Gasteiger partial charge in [-0.25, -0.2) is 4.98 Å². The van der Waals surface area contributed by atoms with E-state index in [1.165, 1.54) is 5.56 Å². The predicted octanol–water partition coefficient (Wildman–Crippen LogP) is 3.76. The lowest BCUT2D eigenvalue weighted by Gasteiger charge is -2.21. The second-order valence-electron chi connectivity index (χ2n) is 8.64. The molecular weight excluding hydrogens is 414 g/mol. The fourth-order valence-corrected chi connectivity index (χ4v) is 4.49. The zero-order valence-electron chi connectivity index (χ0n) is 19.1. The molecule has 1 aliphatic rings. The average molecular weight is 446 g/mol. The van der Waals surface area contributed by atoms with E-state index in [0.717, 1.165) is 30.4 Å². The molecule has 1 amide bonds. The number of pyridine rings is 1. The second kappa shape index (κ2) is 10.6. The highest BCUT2D eigenvalue weighted by Crippen LogP contribution is 2.27. The fraction of sp³-hybridized carbons (Fsp3) is 0.333. The molecule has 2 heterocycles. The molecule has 4 rings (SSSR count). The molecule has 6 heteroatoms. The number of methoxy groups -OCH3 is 1. The van der Waals surface area contributed by atoms with Crippen LogP contribution in [0.3, 0.4) is 0 Å². The molecule has 3 unspecified atom stereocenters. The average Bonchev–Trinajstić information content (AvgIpc) is 3.33. The van der Waals surface area contributed by atoms with Gasteiger partial charge >= 0.3 is 0 Å². The molecule has 1 aliphatic heterocycles. The molecule has 0 bridgehead atoms. The smallest absolute Gasteiger partial charge is 0.253 e. The number of amides is 1. The van der Waals surface area contributed by atoms with Crippen molar-refractivity contribution in [1.29, 1.82) is 0 Å². The highest BCUT2D eigenvalue weighted by atomic mass is 16.5. The quantitative estimate of drug-likeness (QED) is 0.552. The van der Waals surface area contributed by atoms with Crippen molar-refractivity contribution in [3.63, 3.8) is 0 Å². The largest absolute Gasteiger partial charge is 0.481 e. The summed E-state index contributed by atoms with van der Waals surface area (Å²) in [6, 6.07) is 21.8. The van der Waals surface area contributed by atoms with Crippen LogP contribution >= 0.6 is 0 Å². The molecule has 1 saturated heterocycles. The summed E-state index contributed by atoms with van der Waals surface area (Å²) in [5.41, 5.74) is 3.65. The van der Waals surface area contributed by atoms with E-state index in [1.807, 2.05) is 66.7 Å². The Morgan fingerprint density at radius 2 is 1.88 bits per heavy atom. The third-order valence-corrected chi connectivity index (χ3v) is 6.28. The fourth-order valence-electron chi connectivity index (χ4n) is 4.49. The van der Waals surface area contributed by atoms with E-state index < -0.39 is 6.10 Å². The van der Waals surface area contributed by atoms with Crippen molar-refractivity contribution < 1.29 is 14.6 Å². The van der Waals surface area contributed by atoms with Gasteiger partial charge in [-0.1, -0.05) is 48.5 Å². The van der Waals surface area contributed by atoms with E-state index in [9.17, 15) is 9.90 Å². The molecule has 0 radical (unpaired) electrons. The summed E-state index contributed by atoms with van der Waals surface area (Å²) in [4.78, 5) is 18.7. The minimum absolute atomic E-state index is 0.0440. The molecule has 0 aliphatic carbocycles. The number of carbonyl (C=O) groups is 1. The number of ether oxygens (including phenoxy) is 1. The first kappa shape index (κ1) is 23.0. The monoisotopic (exact) mass is 445 g/mol. The molecule has 2 aromatic carbocycles. The van der Waals surface area contributed by atoms with E-state index in [-0.39, 0.29) is 11.9 Å². The Morgan fingerprint density at radius 1 is 1.12 bits per heavy atom. The van der Waals surface area contributed by atoms with E-state index in [0.29, 0.717) is 24.0 Å². The van der Waals surface area contributed by atoms with Gasteiger partial charge in [0.25, 0.3) is 5.91 Å². The second-order valence-corrected chi connectivity index (χ2v) is 8.64. The van der Waals surface area contributed by atoms with Crippen LogP contribution in [0.5, 0.6) is 5.88 Å². The zero-order chi connectivity index (χ0) is 23.2. The van der Waals surface area contributed by atoms with Crippen LogP contribution < -0.4 is 10.1 Å². The number of aliphatic hydroxyl groups is 1. The summed E-state index contributed by atoms with van der Waals surface area (Å²) in [6.07, 6.45) is 4.01. The maximum Gasteiger partial charge on any atom is 0.253 e. The molecule has 172 valence electrons. The van der Waals surface area contributed by atoms with Gasteiger partial charge in [-0.2, -0.15) is 0 Å². The Hall–Kier alpha value is -3.22. The van der Waals surface area contributed by atoms with Crippen LogP contribution in [0, 0.1) is 0 Å². The van der Waals surface area contributed by atoms with Crippen molar-refractivity contribution in [3.8, 4) is 5.88 Å². The molecule has 0 saturated carbocycles. The van der Waals surface area contributed by atoms with Crippen molar-refractivity contribution in [2.75, 3.05) is 14.2 Å². The number of rotatable bonds is 8. The third-order valence-electron chi connectivity index (χ3n) is 6.28. The number of hydrogen-bond donors (Lipinski definition) is 2. The summed E-state index contributed by atoms with van der Waals surface area (Å²) in [5.74, 6) is 0.491. The minimum Gasteiger partial charge on any atom is -0.481 e. The van der Waals surface area contributed by atoms with Crippen molar-refractivity contribution in [1.82, 2.24) is 15.2 Å². The Bertz CT molecular complexity index is 1060. The van der Waals surface area contributed by atoms with Crippen LogP contribution in [0.4, 0.5) is 0 Å². The topological polar surface area (TPSA) is 74.7 Å². The maximum absolute atomic E-state index is 12.9. The van der Waals surface area contributed by atoms with Crippen molar-refractivity contribution in [2.24, 2.45) is 0 Å². The van der Waals surface area contributed by atoms with Gasteiger partial charge in [-0.05, 0) is 48.6 Å². The van der Waals surface area contributed by atoms with Gasteiger partial charge in [-0.3, -0.25) is 4.79 Å². The molecule has 0 spiro atoms. The number of nitrogens with zero attached hydrogens (tertiary/aromatic N) is 2. The molecule has 6 nitrogen and oxygen atoms in total. The maximum atomic E-state index is 12.9. The predicted molar refractivity (Wildman–Crippen MR) is 128 cm³/mol. The molecule has 3 aromatic rings. The first-order valence-corrected chi connectivity index (χ1v) is 11.4. The van der Waals surface area contributed by atoms with Crippen molar-refractivity contribution >= 4 is 5.91 Å². The minimum atomic E-state index is -0.495. The lowest BCUT2D eigenvalue weighted by atomic mass is 10.0. The number of aromatic nitrogens is 1. The number of benzene rings is 2. The van der Waals surface area contributed by atoms with Crippen LogP contribution in [-0.2, 0) is 13.0 Å². The summed E-state index contributed by atoms with van der Waals surface area (Å²) in [5, 5.41) is 14.3. The van der Waals surface area contributed by atoms with Gasteiger partial charge < -0.3 is 20.1 Å². The number of carbonyl (C=O) groups excluding carboxylic acids is 1. The summed E-state index contributed by atoms with van der Waals surface area (Å²) in [7, 11) is 3.36. The highest BCUT2D eigenvalue weighted by Gasteiger charge is 2.29. The highest BCUT2D eigenvalue weighted by molar-refractivity contribution is 5.94. The van der Waals surface area contributed by atoms with Gasteiger partial charge in [0.2, 0.25) is 5.88 Å². The van der Waals surface area contributed by atoms with Gasteiger partial charge in [0.05, 0.1) is 19.8 Å². The lowest BCUT2D eigenvalue weighted by molar-refractivity contribution is 0.0784. The van der Waals surface area contributed by atoms with Gasteiger partial charge in [0.1, 0.15) is 0 Å². The Labute approximate surface area is 195 Å². The number of aliphatic hydroxyl groups excluding tert-OH is 1. The molecule has 2 N–H and O–H groups in total. The summed E-state index contributed by atoms with van der Waals surface area (Å²) < 4.78 is 5.29. The van der Waals surface area contributed by atoms with Gasteiger partial charge in [0.15, 0.2) is 0 Å². The Morgan fingerprint density at radius 3 is 2.61 bits per heavy atom. The van der Waals surface area contributed by atoms with Crippen LogP contribution in [0.2, 0.25) is 0 Å². The van der Waals surface area contributed by atoms with Crippen molar-refractivity contribution in [2.45, 2.75) is 44.0 Å². The van der Waals surface area contributed by atoms with Crippen LogP contribution in [0.15, 0.2) is 72.9 Å². The SMILES string of the molecule is COc1ncccc1CN(C)C(=O)c1ccc(CC2CCC(C(O)c3ccccc3)N2)cc1. The third kappa shape index (κ3) is 5.59. The van der Waals surface area contributed by atoms with Gasteiger partial charge in [-0.15, -0.1) is 0 Å². The lowest BCUT2D eigenvalue weighted by Crippen LogP contribution is -2.35. The standard InChI is InChI=1S/C27H31N3O3/c1-30(18-22-9-6-16-28-26(22)33-2)27(32)21-12-10-19(11-13-21)17-23-14-15-24(29-23)25(31)20-7-4-3-5-8-20/h3-13,16,23-25,29,31H,14-15,17-18H2,1-2H3. The number of hydrogen-bond acceptors (Lipinski definition) is 5. The molecule has 1 aromatic heterocycles. The van der Waals surface area contributed by atoms with E-state index >= 15 is 0 Å². The molecule has 3 atom stereocenters. The van der Waals surface area contributed by atoms with Gasteiger partial charge in [0, 0.05) is 36.5 Å². The first-order valence-electron chi connectivity index (χ1n) is 11.4.